The van der Waals surface area contributed by atoms with Crippen LogP contribution in [0.15, 0.2) is 30.5 Å². The number of hydrogen-bond donors (Lipinski definition) is 0. The van der Waals surface area contributed by atoms with Gasteiger partial charge in [0.25, 0.3) is 0 Å². The van der Waals surface area contributed by atoms with E-state index in [1.165, 1.54) is 12.0 Å². The maximum Gasteiger partial charge on any atom is 0.337 e. The maximum atomic E-state index is 11.2. The molecule has 82 valence electrons. The van der Waals surface area contributed by atoms with Gasteiger partial charge in [-0.15, -0.1) is 11.3 Å². The van der Waals surface area contributed by atoms with E-state index in [1.807, 2.05) is 25.3 Å². The van der Waals surface area contributed by atoms with Crippen LogP contribution >= 0.6 is 11.3 Å². The molecule has 0 unspecified atom stereocenters. The number of aryl methyl sites for hydroxylation is 1. The van der Waals surface area contributed by atoms with Gasteiger partial charge in [-0.05, 0) is 19.1 Å². The first kappa shape index (κ1) is 10.8. The Hall–Kier alpha value is -1.68. The van der Waals surface area contributed by atoms with Crippen molar-refractivity contribution in [3.05, 3.63) is 40.9 Å². The minimum Gasteiger partial charge on any atom is -0.465 e. The average molecular weight is 233 g/mol. The first-order valence-corrected chi connectivity index (χ1v) is 5.63. The summed E-state index contributed by atoms with van der Waals surface area (Å²) in [5.41, 5.74) is 1.57. The molecule has 0 saturated carbocycles. The highest BCUT2D eigenvalue weighted by molar-refractivity contribution is 7.14. The fraction of sp³-hybridized carbons (Fsp3) is 0.167. The van der Waals surface area contributed by atoms with Crippen molar-refractivity contribution in [3.63, 3.8) is 0 Å². The summed E-state index contributed by atoms with van der Waals surface area (Å²) in [7, 11) is 1.38. The molecular formula is C12H11NO2S. The molecule has 1 heterocycles. The molecule has 0 amide bonds. The lowest BCUT2D eigenvalue weighted by Gasteiger charge is -2.00. The van der Waals surface area contributed by atoms with Crippen LogP contribution < -0.4 is 0 Å². The molecule has 16 heavy (non-hydrogen) atoms. The number of thiazole rings is 1. The van der Waals surface area contributed by atoms with Crippen molar-refractivity contribution in [2.24, 2.45) is 0 Å². The van der Waals surface area contributed by atoms with Crippen molar-refractivity contribution in [3.8, 4) is 10.6 Å². The zero-order valence-corrected chi connectivity index (χ0v) is 9.88. The van der Waals surface area contributed by atoms with Crippen molar-refractivity contribution in [2.45, 2.75) is 6.92 Å². The van der Waals surface area contributed by atoms with Crippen LogP contribution in [-0.4, -0.2) is 18.1 Å². The van der Waals surface area contributed by atoms with E-state index in [9.17, 15) is 4.79 Å². The third-order valence-corrected chi connectivity index (χ3v) is 3.14. The molecule has 0 spiro atoms. The zero-order valence-electron chi connectivity index (χ0n) is 9.06. The van der Waals surface area contributed by atoms with Crippen LogP contribution in [0.5, 0.6) is 0 Å². The molecule has 0 radical (unpaired) electrons. The molecule has 0 aliphatic carbocycles. The highest BCUT2D eigenvalue weighted by Crippen LogP contribution is 2.24. The summed E-state index contributed by atoms with van der Waals surface area (Å²) < 4.78 is 4.63. The van der Waals surface area contributed by atoms with Crippen molar-refractivity contribution < 1.29 is 9.53 Å². The highest BCUT2D eigenvalue weighted by Gasteiger charge is 2.06. The second-order valence-electron chi connectivity index (χ2n) is 3.34. The number of hydrogen-bond acceptors (Lipinski definition) is 4. The second-order valence-corrected chi connectivity index (χ2v) is 4.58. The topological polar surface area (TPSA) is 39.2 Å². The summed E-state index contributed by atoms with van der Waals surface area (Å²) in [5.74, 6) is -0.318. The van der Waals surface area contributed by atoms with Gasteiger partial charge in [-0.2, -0.15) is 0 Å². The Labute approximate surface area is 97.7 Å². The Kier molecular flexibility index (Phi) is 3.01. The molecule has 2 rings (SSSR count). The van der Waals surface area contributed by atoms with E-state index < -0.39 is 0 Å². The summed E-state index contributed by atoms with van der Waals surface area (Å²) in [6.07, 6.45) is 1.84. The molecule has 0 N–H and O–H groups in total. The normalized spacial score (nSPS) is 10.1. The number of benzene rings is 1. The van der Waals surface area contributed by atoms with E-state index in [2.05, 4.69) is 9.72 Å². The predicted molar refractivity (Wildman–Crippen MR) is 63.6 cm³/mol. The van der Waals surface area contributed by atoms with Crippen LogP contribution in [-0.2, 0) is 4.74 Å². The number of aromatic nitrogens is 1. The average Bonchev–Trinajstić information content (AvgIpc) is 2.75. The number of carbonyl (C=O) groups is 1. The summed E-state index contributed by atoms with van der Waals surface area (Å²) in [5, 5.41) is 0.967. The van der Waals surface area contributed by atoms with Gasteiger partial charge in [0.1, 0.15) is 5.01 Å². The van der Waals surface area contributed by atoms with Crippen LogP contribution in [0.25, 0.3) is 10.6 Å². The second kappa shape index (κ2) is 4.45. The molecular weight excluding hydrogens is 222 g/mol. The van der Waals surface area contributed by atoms with Gasteiger partial charge in [-0.3, -0.25) is 0 Å². The largest absolute Gasteiger partial charge is 0.465 e. The highest BCUT2D eigenvalue weighted by atomic mass is 32.1. The van der Waals surface area contributed by atoms with Gasteiger partial charge in [0.15, 0.2) is 0 Å². The monoisotopic (exact) mass is 233 g/mol. The molecule has 0 bridgehead atoms. The summed E-state index contributed by atoms with van der Waals surface area (Å²) in [6.45, 7) is 2.02. The van der Waals surface area contributed by atoms with E-state index in [1.54, 1.807) is 23.5 Å². The van der Waals surface area contributed by atoms with Crippen molar-refractivity contribution in [2.75, 3.05) is 7.11 Å². The molecule has 0 atom stereocenters. The lowest BCUT2D eigenvalue weighted by Crippen LogP contribution is -2.00. The lowest BCUT2D eigenvalue weighted by atomic mass is 10.1. The quantitative estimate of drug-likeness (QED) is 0.749. The van der Waals surface area contributed by atoms with Gasteiger partial charge in [0, 0.05) is 16.6 Å². The Morgan fingerprint density at radius 3 is 2.50 bits per heavy atom. The van der Waals surface area contributed by atoms with Crippen LogP contribution in [0.2, 0.25) is 0 Å². The molecule has 1 aromatic heterocycles. The third-order valence-electron chi connectivity index (χ3n) is 2.17. The fourth-order valence-corrected chi connectivity index (χ4v) is 2.12. The zero-order chi connectivity index (χ0) is 11.5. The van der Waals surface area contributed by atoms with Crippen LogP contribution in [0, 0.1) is 6.92 Å². The third kappa shape index (κ3) is 2.12. The lowest BCUT2D eigenvalue weighted by molar-refractivity contribution is 0.0601. The molecule has 1 aromatic carbocycles. The minimum atomic E-state index is -0.318. The Morgan fingerprint density at radius 2 is 2.00 bits per heavy atom. The first-order chi connectivity index (χ1) is 7.70. The number of carbonyl (C=O) groups excluding carboxylic acids is 1. The van der Waals surface area contributed by atoms with E-state index in [0.717, 1.165) is 10.6 Å². The van der Waals surface area contributed by atoms with Gasteiger partial charge >= 0.3 is 5.97 Å². The molecule has 0 saturated heterocycles. The smallest absolute Gasteiger partial charge is 0.337 e. The molecule has 2 aromatic rings. The Balaban J connectivity index is 2.29. The molecule has 0 fully saturated rings. The van der Waals surface area contributed by atoms with Crippen LogP contribution in [0.3, 0.4) is 0 Å². The van der Waals surface area contributed by atoms with E-state index in [4.69, 9.17) is 0 Å². The van der Waals surface area contributed by atoms with Gasteiger partial charge in [-0.25, -0.2) is 9.78 Å². The van der Waals surface area contributed by atoms with Crippen LogP contribution in [0.4, 0.5) is 0 Å². The van der Waals surface area contributed by atoms with E-state index in [0.29, 0.717) is 5.56 Å². The fourth-order valence-electron chi connectivity index (χ4n) is 1.35. The standard InChI is InChI=1S/C12H11NO2S/c1-8-7-13-11(16-8)9-3-5-10(6-4-9)12(14)15-2/h3-7H,1-2H3. The number of methoxy groups -OCH3 is 1. The number of nitrogens with zero attached hydrogens (tertiary/aromatic N) is 1. The van der Waals surface area contributed by atoms with Crippen molar-refractivity contribution in [1.82, 2.24) is 4.98 Å². The first-order valence-electron chi connectivity index (χ1n) is 4.82. The number of ether oxygens (including phenoxy) is 1. The Morgan fingerprint density at radius 1 is 1.31 bits per heavy atom. The van der Waals surface area contributed by atoms with E-state index in [-0.39, 0.29) is 5.97 Å². The SMILES string of the molecule is COC(=O)c1ccc(-c2ncc(C)s2)cc1. The van der Waals surface area contributed by atoms with Gasteiger partial charge in [-0.1, -0.05) is 12.1 Å². The molecule has 0 aliphatic heterocycles. The molecule has 0 aliphatic rings. The summed E-state index contributed by atoms with van der Waals surface area (Å²) in [6, 6.07) is 7.25. The Bertz CT molecular complexity index is 502. The van der Waals surface area contributed by atoms with Gasteiger partial charge < -0.3 is 4.74 Å². The summed E-state index contributed by atoms with van der Waals surface area (Å²) >= 11 is 1.63. The molecule has 3 nitrogen and oxygen atoms in total. The minimum absolute atomic E-state index is 0.318. The molecule has 4 heteroatoms. The maximum absolute atomic E-state index is 11.2. The summed E-state index contributed by atoms with van der Waals surface area (Å²) in [4.78, 5) is 16.7. The van der Waals surface area contributed by atoms with Crippen molar-refractivity contribution in [1.29, 1.82) is 0 Å². The van der Waals surface area contributed by atoms with Crippen molar-refractivity contribution >= 4 is 17.3 Å². The predicted octanol–water partition coefficient (Wildman–Crippen LogP) is 2.91. The van der Waals surface area contributed by atoms with E-state index >= 15 is 0 Å². The number of esters is 1. The van der Waals surface area contributed by atoms with Crippen LogP contribution in [0.1, 0.15) is 15.2 Å². The van der Waals surface area contributed by atoms with Gasteiger partial charge in [0.05, 0.1) is 12.7 Å². The van der Waals surface area contributed by atoms with Gasteiger partial charge in [0.2, 0.25) is 0 Å². The number of rotatable bonds is 2.